The van der Waals surface area contributed by atoms with Gasteiger partial charge < -0.3 is 10.0 Å². The van der Waals surface area contributed by atoms with Crippen LogP contribution in [-0.2, 0) is 4.79 Å². The van der Waals surface area contributed by atoms with Gasteiger partial charge in [-0.05, 0) is 26.2 Å². The lowest BCUT2D eigenvalue weighted by atomic mass is 9.91. The Labute approximate surface area is 78.0 Å². The van der Waals surface area contributed by atoms with E-state index in [0.29, 0.717) is 11.3 Å². The third kappa shape index (κ3) is 0.820. The van der Waals surface area contributed by atoms with E-state index in [0.717, 1.165) is 25.8 Å². The Balaban J connectivity index is 2.49. The maximum atomic E-state index is 11.7. The minimum atomic E-state index is -0.332. The summed E-state index contributed by atoms with van der Waals surface area (Å²) in [4.78, 5) is 13.5. The lowest BCUT2D eigenvalue weighted by molar-refractivity contribution is -0.128. The molecule has 0 saturated carbocycles. The molecule has 1 unspecified atom stereocenters. The zero-order chi connectivity index (χ0) is 9.64. The van der Waals surface area contributed by atoms with Crippen LogP contribution in [0.1, 0.15) is 33.1 Å². The summed E-state index contributed by atoms with van der Waals surface area (Å²) in [5.74, 6) is 0.342. The van der Waals surface area contributed by atoms with Crippen molar-refractivity contribution in [2.45, 2.75) is 38.6 Å². The van der Waals surface area contributed by atoms with Crippen molar-refractivity contribution < 1.29 is 9.90 Å². The molecule has 13 heavy (non-hydrogen) atoms. The van der Waals surface area contributed by atoms with Crippen molar-refractivity contribution in [3.8, 4) is 0 Å². The molecule has 1 atom stereocenters. The Kier molecular flexibility index (Phi) is 1.65. The maximum Gasteiger partial charge on any atom is 0.253 e. The highest BCUT2D eigenvalue weighted by Gasteiger charge is 2.51. The molecule has 2 aliphatic rings. The van der Waals surface area contributed by atoms with Gasteiger partial charge in [0.2, 0.25) is 0 Å². The van der Waals surface area contributed by atoms with Crippen molar-refractivity contribution in [3.05, 3.63) is 11.3 Å². The molecule has 0 aliphatic carbocycles. The fourth-order valence-corrected chi connectivity index (χ4v) is 2.61. The maximum absolute atomic E-state index is 11.7. The predicted octanol–water partition coefficient (Wildman–Crippen LogP) is 1.60. The summed E-state index contributed by atoms with van der Waals surface area (Å²) >= 11 is 0. The Morgan fingerprint density at radius 2 is 2.31 bits per heavy atom. The van der Waals surface area contributed by atoms with E-state index in [-0.39, 0.29) is 11.4 Å². The second-order valence-electron chi connectivity index (χ2n) is 3.92. The fourth-order valence-electron chi connectivity index (χ4n) is 2.61. The standard InChI is InChI=1S/C10H15NO2/c1-3-10-5-4-6-11(10)9(13)7(2)8(10)12/h12H,3-6H2,1-2H3. The highest BCUT2D eigenvalue weighted by molar-refractivity contribution is 5.97. The van der Waals surface area contributed by atoms with Gasteiger partial charge in [0.1, 0.15) is 11.3 Å². The number of hydrogen-bond donors (Lipinski definition) is 1. The molecule has 0 bridgehead atoms. The quantitative estimate of drug-likeness (QED) is 0.667. The third-order valence-corrected chi connectivity index (χ3v) is 3.44. The van der Waals surface area contributed by atoms with E-state index in [9.17, 15) is 9.90 Å². The van der Waals surface area contributed by atoms with E-state index in [1.807, 2.05) is 11.8 Å². The first kappa shape index (κ1) is 8.60. The predicted molar refractivity (Wildman–Crippen MR) is 49.3 cm³/mol. The van der Waals surface area contributed by atoms with Gasteiger partial charge in [0, 0.05) is 6.54 Å². The fraction of sp³-hybridized carbons (Fsp3) is 0.700. The SMILES string of the molecule is CCC12CCCN1C(=O)C(C)=C2O. The first-order valence-corrected chi connectivity index (χ1v) is 4.86. The van der Waals surface area contributed by atoms with E-state index < -0.39 is 0 Å². The van der Waals surface area contributed by atoms with Crippen LogP contribution in [0, 0.1) is 0 Å². The van der Waals surface area contributed by atoms with E-state index in [2.05, 4.69) is 0 Å². The van der Waals surface area contributed by atoms with Crippen molar-refractivity contribution >= 4 is 5.91 Å². The molecular weight excluding hydrogens is 166 g/mol. The molecule has 2 rings (SSSR count). The molecular formula is C10H15NO2. The molecule has 0 spiro atoms. The van der Waals surface area contributed by atoms with Crippen molar-refractivity contribution in [2.24, 2.45) is 0 Å². The van der Waals surface area contributed by atoms with Crippen LogP contribution in [0.3, 0.4) is 0 Å². The highest BCUT2D eigenvalue weighted by Crippen LogP contribution is 2.44. The van der Waals surface area contributed by atoms with E-state index in [1.165, 1.54) is 0 Å². The molecule has 72 valence electrons. The molecule has 1 N–H and O–H groups in total. The van der Waals surface area contributed by atoms with Crippen LogP contribution in [0.5, 0.6) is 0 Å². The van der Waals surface area contributed by atoms with Gasteiger partial charge in [-0.2, -0.15) is 0 Å². The Bertz CT molecular complexity index is 295. The number of hydrogen-bond acceptors (Lipinski definition) is 2. The van der Waals surface area contributed by atoms with Gasteiger partial charge in [-0.1, -0.05) is 6.92 Å². The molecule has 0 aromatic heterocycles. The number of nitrogens with zero attached hydrogens (tertiary/aromatic N) is 1. The largest absolute Gasteiger partial charge is 0.509 e. The van der Waals surface area contributed by atoms with Crippen molar-refractivity contribution in [2.75, 3.05) is 6.54 Å². The summed E-state index contributed by atoms with van der Waals surface area (Å²) in [6.07, 6.45) is 2.75. The van der Waals surface area contributed by atoms with Gasteiger partial charge in [-0.25, -0.2) is 0 Å². The summed E-state index contributed by atoms with van der Waals surface area (Å²) < 4.78 is 0. The molecule has 1 amide bonds. The number of carbonyl (C=O) groups excluding carboxylic acids is 1. The summed E-state index contributed by atoms with van der Waals surface area (Å²) in [6.45, 7) is 4.54. The van der Waals surface area contributed by atoms with Crippen LogP contribution in [0.15, 0.2) is 11.3 Å². The number of aliphatic hydroxyl groups excluding tert-OH is 1. The van der Waals surface area contributed by atoms with E-state index in [1.54, 1.807) is 6.92 Å². The van der Waals surface area contributed by atoms with Gasteiger partial charge in [0.15, 0.2) is 0 Å². The van der Waals surface area contributed by atoms with Gasteiger partial charge in [0.25, 0.3) is 5.91 Å². The molecule has 1 fully saturated rings. The van der Waals surface area contributed by atoms with Crippen LogP contribution in [0.2, 0.25) is 0 Å². The van der Waals surface area contributed by atoms with Gasteiger partial charge in [0.05, 0.1) is 5.57 Å². The minimum absolute atomic E-state index is 0.0249. The third-order valence-electron chi connectivity index (χ3n) is 3.44. The lowest BCUT2D eigenvalue weighted by Crippen LogP contribution is -2.42. The van der Waals surface area contributed by atoms with Gasteiger partial charge in [-0.3, -0.25) is 4.79 Å². The molecule has 1 saturated heterocycles. The topological polar surface area (TPSA) is 40.5 Å². The Morgan fingerprint density at radius 1 is 1.62 bits per heavy atom. The van der Waals surface area contributed by atoms with Crippen LogP contribution in [0.25, 0.3) is 0 Å². The monoisotopic (exact) mass is 181 g/mol. The molecule has 0 aromatic rings. The van der Waals surface area contributed by atoms with Crippen LogP contribution in [0.4, 0.5) is 0 Å². The van der Waals surface area contributed by atoms with E-state index in [4.69, 9.17) is 0 Å². The number of rotatable bonds is 1. The second-order valence-corrected chi connectivity index (χ2v) is 3.92. The smallest absolute Gasteiger partial charge is 0.253 e. The molecule has 0 aromatic carbocycles. The Hall–Kier alpha value is -0.990. The summed E-state index contributed by atoms with van der Waals surface area (Å²) in [5, 5.41) is 9.91. The first-order valence-electron chi connectivity index (χ1n) is 4.86. The molecule has 0 radical (unpaired) electrons. The number of amides is 1. The molecule has 3 heteroatoms. The van der Waals surface area contributed by atoms with Crippen LogP contribution < -0.4 is 0 Å². The number of fused-ring (bicyclic) bond motifs is 1. The van der Waals surface area contributed by atoms with Crippen molar-refractivity contribution in [3.63, 3.8) is 0 Å². The lowest BCUT2D eigenvalue weighted by Gasteiger charge is -2.31. The van der Waals surface area contributed by atoms with Crippen molar-refractivity contribution in [1.29, 1.82) is 0 Å². The normalized spacial score (nSPS) is 33.1. The number of aliphatic hydroxyl groups is 1. The van der Waals surface area contributed by atoms with Crippen molar-refractivity contribution in [1.82, 2.24) is 4.90 Å². The zero-order valence-corrected chi connectivity index (χ0v) is 8.13. The summed E-state index contributed by atoms with van der Waals surface area (Å²) in [6, 6.07) is 0. The zero-order valence-electron chi connectivity index (χ0n) is 8.13. The second kappa shape index (κ2) is 2.50. The molecule has 2 aliphatic heterocycles. The Morgan fingerprint density at radius 3 is 2.85 bits per heavy atom. The molecule has 3 nitrogen and oxygen atoms in total. The average Bonchev–Trinajstić information content (AvgIpc) is 2.64. The van der Waals surface area contributed by atoms with Crippen LogP contribution >= 0.6 is 0 Å². The van der Waals surface area contributed by atoms with Gasteiger partial charge in [-0.15, -0.1) is 0 Å². The first-order chi connectivity index (χ1) is 6.13. The molecule has 2 heterocycles. The highest BCUT2D eigenvalue weighted by atomic mass is 16.3. The van der Waals surface area contributed by atoms with Crippen LogP contribution in [-0.4, -0.2) is 28.0 Å². The van der Waals surface area contributed by atoms with Gasteiger partial charge >= 0.3 is 0 Å². The summed E-state index contributed by atoms with van der Waals surface area (Å²) in [5.41, 5.74) is 0.211. The average molecular weight is 181 g/mol. The minimum Gasteiger partial charge on any atom is -0.509 e. The summed E-state index contributed by atoms with van der Waals surface area (Å²) in [7, 11) is 0. The van der Waals surface area contributed by atoms with E-state index >= 15 is 0 Å². The number of carbonyl (C=O) groups is 1.